The van der Waals surface area contributed by atoms with E-state index in [0.717, 1.165) is 62.2 Å². The van der Waals surface area contributed by atoms with Crippen molar-refractivity contribution in [3.63, 3.8) is 0 Å². The summed E-state index contributed by atoms with van der Waals surface area (Å²) >= 11 is 0. The van der Waals surface area contributed by atoms with Crippen molar-refractivity contribution in [1.82, 2.24) is 19.9 Å². The molecule has 2 aliphatic rings. The minimum Gasteiger partial charge on any atom is -0.356 e. The van der Waals surface area contributed by atoms with Crippen molar-refractivity contribution in [2.45, 2.75) is 37.6 Å². The van der Waals surface area contributed by atoms with Crippen LogP contribution in [0.3, 0.4) is 0 Å². The number of fused-ring (bicyclic) bond motifs is 1. The number of nitrogens with zero attached hydrogens (tertiary/aromatic N) is 5. The number of carbonyl (C=O) groups excluding carboxylic acids is 1. The molecule has 2 aromatic rings. The fraction of sp³-hybridized carbons (Fsp3) is 0.529. The lowest BCUT2D eigenvalue weighted by Crippen LogP contribution is -2.62. The van der Waals surface area contributed by atoms with Crippen LogP contribution in [0.1, 0.15) is 32.1 Å². The molecule has 2 aliphatic heterocycles. The molecular formula is C17H20N6O. The van der Waals surface area contributed by atoms with Gasteiger partial charge < -0.3 is 14.8 Å². The normalized spacial score (nSPS) is 23.8. The first-order valence-corrected chi connectivity index (χ1v) is 8.44. The van der Waals surface area contributed by atoms with Crippen LogP contribution < -0.4 is 4.90 Å². The summed E-state index contributed by atoms with van der Waals surface area (Å²) in [7, 11) is 0. The van der Waals surface area contributed by atoms with Crippen LogP contribution in [0.4, 0.5) is 5.82 Å². The van der Waals surface area contributed by atoms with Crippen LogP contribution in [0.5, 0.6) is 0 Å². The molecule has 0 saturated carbocycles. The summed E-state index contributed by atoms with van der Waals surface area (Å²) in [5.41, 5.74) is 0.806. The van der Waals surface area contributed by atoms with E-state index in [9.17, 15) is 4.79 Å². The van der Waals surface area contributed by atoms with Gasteiger partial charge in [-0.15, -0.1) is 0 Å². The largest absolute Gasteiger partial charge is 0.356 e. The van der Waals surface area contributed by atoms with Crippen molar-refractivity contribution in [3.8, 4) is 6.07 Å². The van der Waals surface area contributed by atoms with Gasteiger partial charge in [0.2, 0.25) is 5.91 Å². The zero-order valence-electron chi connectivity index (χ0n) is 13.5. The molecule has 2 fully saturated rings. The molecule has 1 spiro atoms. The Hall–Kier alpha value is -2.62. The molecule has 4 heterocycles. The third-order valence-corrected chi connectivity index (χ3v) is 5.45. The molecule has 0 bridgehead atoms. The van der Waals surface area contributed by atoms with E-state index < -0.39 is 0 Å². The number of nitriles is 1. The molecule has 0 aromatic carbocycles. The predicted octanol–water partition coefficient (Wildman–Crippen LogP) is 1.83. The van der Waals surface area contributed by atoms with Gasteiger partial charge in [0.05, 0.1) is 11.5 Å². The SMILES string of the molecule is N#CCC(=O)N1CC[C@@]12CCCN(c1ncnc3[nH]ccc13)CC2. The van der Waals surface area contributed by atoms with Gasteiger partial charge in [0.1, 0.15) is 24.2 Å². The Morgan fingerprint density at radius 1 is 1.29 bits per heavy atom. The van der Waals surface area contributed by atoms with Crippen molar-refractivity contribution >= 4 is 22.8 Å². The van der Waals surface area contributed by atoms with Crippen molar-refractivity contribution in [2.24, 2.45) is 0 Å². The van der Waals surface area contributed by atoms with Crippen LogP contribution in [0.25, 0.3) is 11.0 Å². The Labute approximate surface area is 140 Å². The average Bonchev–Trinajstić information content (AvgIpc) is 2.92. The van der Waals surface area contributed by atoms with Gasteiger partial charge in [0.25, 0.3) is 0 Å². The average molecular weight is 324 g/mol. The number of aromatic nitrogens is 3. The van der Waals surface area contributed by atoms with E-state index in [1.54, 1.807) is 6.33 Å². The van der Waals surface area contributed by atoms with Gasteiger partial charge in [-0.25, -0.2) is 9.97 Å². The van der Waals surface area contributed by atoms with Crippen LogP contribution in [0.15, 0.2) is 18.6 Å². The van der Waals surface area contributed by atoms with Crippen LogP contribution in [0.2, 0.25) is 0 Å². The number of likely N-dealkylation sites (tertiary alicyclic amines) is 1. The maximum Gasteiger partial charge on any atom is 0.237 e. The topological polar surface area (TPSA) is 88.9 Å². The minimum atomic E-state index is -0.0486. The molecule has 1 amide bonds. The number of anilines is 1. The van der Waals surface area contributed by atoms with Gasteiger partial charge in [0, 0.05) is 31.4 Å². The maximum absolute atomic E-state index is 12.2. The number of hydrogen-bond donors (Lipinski definition) is 1. The molecule has 0 aliphatic carbocycles. The summed E-state index contributed by atoms with van der Waals surface area (Å²) in [6.45, 7) is 2.59. The third-order valence-electron chi connectivity index (χ3n) is 5.45. The second-order valence-electron chi connectivity index (χ2n) is 6.63. The lowest BCUT2D eigenvalue weighted by Gasteiger charge is -2.53. The first-order valence-electron chi connectivity index (χ1n) is 8.44. The summed E-state index contributed by atoms with van der Waals surface area (Å²) in [4.78, 5) is 28.3. The van der Waals surface area contributed by atoms with E-state index in [1.807, 2.05) is 23.2 Å². The third kappa shape index (κ3) is 2.30. The van der Waals surface area contributed by atoms with Gasteiger partial charge in [-0.1, -0.05) is 0 Å². The van der Waals surface area contributed by atoms with Crippen molar-refractivity contribution in [1.29, 1.82) is 5.26 Å². The Kier molecular flexibility index (Phi) is 3.60. The smallest absolute Gasteiger partial charge is 0.237 e. The molecule has 2 aromatic heterocycles. The molecule has 0 unspecified atom stereocenters. The van der Waals surface area contributed by atoms with Crippen molar-refractivity contribution in [3.05, 3.63) is 18.6 Å². The zero-order chi connectivity index (χ0) is 16.6. The Morgan fingerprint density at radius 2 is 2.17 bits per heavy atom. The Morgan fingerprint density at radius 3 is 2.96 bits per heavy atom. The lowest BCUT2D eigenvalue weighted by molar-refractivity contribution is -0.147. The second kappa shape index (κ2) is 5.78. The number of rotatable bonds is 2. The highest BCUT2D eigenvalue weighted by Crippen LogP contribution is 2.41. The molecule has 4 rings (SSSR count). The van der Waals surface area contributed by atoms with Crippen LogP contribution in [-0.2, 0) is 4.79 Å². The Balaban J connectivity index is 1.54. The van der Waals surface area contributed by atoms with Gasteiger partial charge in [-0.05, 0) is 31.7 Å². The first kappa shape index (κ1) is 14.9. The van der Waals surface area contributed by atoms with E-state index in [4.69, 9.17) is 5.26 Å². The highest BCUT2D eigenvalue weighted by Gasteiger charge is 2.47. The fourth-order valence-corrected chi connectivity index (χ4v) is 4.11. The predicted molar refractivity (Wildman–Crippen MR) is 89.2 cm³/mol. The number of nitrogens with one attached hydrogen (secondary N) is 1. The van der Waals surface area contributed by atoms with E-state index in [2.05, 4.69) is 19.9 Å². The van der Waals surface area contributed by atoms with E-state index >= 15 is 0 Å². The molecule has 124 valence electrons. The molecule has 7 nitrogen and oxygen atoms in total. The highest BCUT2D eigenvalue weighted by molar-refractivity contribution is 5.87. The summed E-state index contributed by atoms with van der Waals surface area (Å²) in [6, 6.07) is 4.00. The van der Waals surface area contributed by atoms with Gasteiger partial charge >= 0.3 is 0 Å². The fourth-order valence-electron chi connectivity index (χ4n) is 4.11. The molecule has 0 radical (unpaired) electrons. The van der Waals surface area contributed by atoms with Crippen LogP contribution >= 0.6 is 0 Å². The van der Waals surface area contributed by atoms with E-state index in [-0.39, 0.29) is 17.9 Å². The second-order valence-corrected chi connectivity index (χ2v) is 6.63. The lowest BCUT2D eigenvalue weighted by atomic mass is 9.78. The van der Waals surface area contributed by atoms with Crippen LogP contribution in [-0.4, -0.2) is 50.9 Å². The quantitative estimate of drug-likeness (QED) is 0.910. The maximum atomic E-state index is 12.2. The highest BCUT2D eigenvalue weighted by atomic mass is 16.2. The Bertz CT molecular complexity index is 809. The first-order chi connectivity index (χ1) is 11.7. The molecule has 1 N–H and O–H groups in total. The summed E-state index contributed by atoms with van der Waals surface area (Å²) < 4.78 is 0. The number of H-pyrrole nitrogens is 1. The summed E-state index contributed by atoms with van der Waals surface area (Å²) in [5.74, 6) is 0.944. The van der Waals surface area contributed by atoms with Crippen LogP contribution in [0, 0.1) is 11.3 Å². The zero-order valence-corrected chi connectivity index (χ0v) is 13.5. The standard InChI is InChI=1S/C17H20N6O/c18-7-2-14(24)23-11-6-17(23)4-1-9-22(10-5-17)16-13-3-8-19-15(13)20-12-21-16/h3,8,12H,1-2,4-6,9-11H2,(H,19,20,21)/t17-/m0/s1. The van der Waals surface area contributed by atoms with Crippen molar-refractivity contribution in [2.75, 3.05) is 24.5 Å². The molecule has 7 heteroatoms. The van der Waals surface area contributed by atoms with E-state index in [1.165, 1.54) is 0 Å². The molecule has 1 atom stereocenters. The number of hydrogen-bond acceptors (Lipinski definition) is 5. The van der Waals surface area contributed by atoms with Gasteiger partial charge in [-0.2, -0.15) is 5.26 Å². The number of aromatic amines is 1. The summed E-state index contributed by atoms with van der Waals surface area (Å²) in [6.07, 6.45) is 7.47. The molecule has 2 saturated heterocycles. The van der Waals surface area contributed by atoms with Gasteiger partial charge in [-0.3, -0.25) is 4.79 Å². The number of amides is 1. The van der Waals surface area contributed by atoms with Crippen molar-refractivity contribution < 1.29 is 4.79 Å². The monoisotopic (exact) mass is 324 g/mol. The molecular weight excluding hydrogens is 304 g/mol. The molecule has 24 heavy (non-hydrogen) atoms. The summed E-state index contributed by atoms with van der Waals surface area (Å²) in [5, 5.41) is 9.84. The minimum absolute atomic E-state index is 0.0126. The number of carbonyl (C=O) groups is 1. The van der Waals surface area contributed by atoms with E-state index in [0.29, 0.717) is 0 Å². The van der Waals surface area contributed by atoms with Gasteiger partial charge in [0.15, 0.2) is 0 Å².